The summed E-state index contributed by atoms with van der Waals surface area (Å²) >= 11 is 0. The van der Waals surface area contributed by atoms with Gasteiger partial charge in [-0.3, -0.25) is 9.78 Å². The predicted octanol–water partition coefficient (Wildman–Crippen LogP) is 2.76. The maximum Gasteiger partial charge on any atom is 0.409 e. The summed E-state index contributed by atoms with van der Waals surface area (Å²) in [4.78, 5) is 34.2. The van der Waals surface area contributed by atoms with Gasteiger partial charge in [0.25, 0.3) is 5.91 Å². The van der Waals surface area contributed by atoms with Crippen molar-refractivity contribution in [2.75, 3.05) is 30.3 Å². The van der Waals surface area contributed by atoms with Crippen molar-refractivity contribution in [3.8, 4) is 0 Å². The molecule has 1 saturated heterocycles. The Morgan fingerprint density at radius 2 is 1.93 bits per heavy atom. The van der Waals surface area contributed by atoms with Crippen LogP contribution in [0.1, 0.15) is 30.3 Å². The lowest BCUT2D eigenvalue weighted by atomic mass is 10.1. The van der Waals surface area contributed by atoms with E-state index in [1.807, 2.05) is 12.1 Å². The second-order valence-electron chi connectivity index (χ2n) is 6.17. The Labute approximate surface area is 158 Å². The lowest BCUT2D eigenvalue weighted by Gasteiger charge is -2.32. The lowest BCUT2D eigenvalue weighted by molar-refractivity contribution is 0.0981. The molecule has 0 aromatic carbocycles. The van der Waals surface area contributed by atoms with E-state index < -0.39 is 0 Å². The van der Waals surface area contributed by atoms with Crippen molar-refractivity contribution in [1.29, 1.82) is 0 Å². The van der Waals surface area contributed by atoms with Crippen LogP contribution in [0.3, 0.4) is 0 Å². The summed E-state index contributed by atoms with van der Waals surface area (Å²) < 4.78 is 5.04. The Morgan fingerprint density at radius 1 is 1.15 bits per heavy atom. The molecule has 0 spiro atoms. The van der Waals surface area contributed by atoms with Crippen LogP contribution in [-0.2, 0) is 4.74 Å². The number of likely N-dealkylation sites (tertiary alicyclic amines) is 1. The molecular weight excluding hydrogens is 346 g/mol. The van der Waals surface area contributed by atoms with E-state index in [9.17, 15) is 9.59 Å². The summed E-state index contributed by atoms with van der Waals surface area (Å²) in [5.41, 5.74) is 1.08. The normalized spacial score (nSPS) is 14.5. The van der Waals surface area contributed by atoms with E-state index in [-0.39, 0.29) is 18.0 Å². The van der Waals surface area contributed by atoms with Gasteiger partial charge in [0, 0.05) is 31.5 Å². The highest BCUT2D eigenvalue weighted by atomic mass is 16.6. The summed E-state index contributed by atoms with van der Waals surface area (Å²) in [5.74, 6) is 0.149. The minimum Gasteiger partial charge on any atom is -0.450 e. The lowest BCUT2D eigenvalue weighted by Crippen LogP contribution is -2.42. The Hall–Kier alpha value is -3.16. The molecule has 3 rings (SSSR count). The van der Waals surface area contributed by atoms with Crippen molar-refractivity contribution in [2.24, 2.45) is 0 Å². The first-order valence-corrected chi connectivity index (χ1v) is 9.03. The average Bonchev–Trinajstić information content (AvgIpc) is 2.71. The van der Waals surface area contributed by atoms with Crippen LogP contribution in [0.15, 0.2) is 42.7 Å². The van der Waals surface area contributed by atoms with Crippen LogP contribution in [-0.4, -0.2) is 52.6 Å². The van der Waals surface area contributed by atoms with E-state index in [1.54, 1.807) is 42.4 Å². The molecule has 3 heterocycles. The van der Waals surface area contributed by atoms with E-state index in [0.29, 0.717) is 31.2 Å². The van der Waals surface area contributed by atoms with Crippen molar-refractivity contribution in [2.45, 2.75) is 25.8 Å². The molecule has 0 unspecified atom stereocenters. The van der Waals surface area contributed by atoms with Gasteiger partial charge in [-0.1, -0.05) is 6.07 Å². The molecular formula is C19H23N5O3. The van der Waals surface area contributed by atoms with Gasteiger partial charge in [0.2, 0.25) is 0 Å². The van der Waals surface area contributed by atoms with Crippen LogP contribution in [0.4, 0.5) is 16.3 Å². The van der Waals surface area contributed by atoms with Crippen LogP contribution in [0, 0.1) is 0 Å². The zero-order valence-corrected chi connectivity index (χ0v) is 15.2. The monoisotopic (exact) mass is 369 g/mol. The van der Waals surface area contributed by atoms with E-state index in [4.69, 9.17) is 4.74 Å². The summed E-state index contributed by atoms with van der Waals surface area (Å²) in [5, 5.41) is 6.22. The third-order valence-electron chi connectivity index (χ3n) is 4.32. The number of amides is 2. The molecule has 2 aromatic rings. The number of anilines is 2. The molecule has 0 saturated carbocycles. The maximum atomic E-state index is 12.3. The first-order chi connectivity index (χ1) is 13.2. The van der Waals surface area contributed by atoms with Crippen LogP contribution in [0.2, 0.25) is 0 Å². The average molecular weight is 369 g/mol. The first kappa shape index (κ1) is 18.6. The van der Waals surface area contributed by atoms with E-state index >= 15 is 0 Å². The van der Waals surface area contributed by atoms with Crippen molar-refractivity contribution >= 4 is 23.5 Å². The van der Waals surface area contributed by atoms with Gasteiger partial charge in [0.05, 0.1) is 12.3 Å². The number of hydrogen-bond acceptors (Lipinski definition) is 6. The molecule has 1 aliphatic rings. The zero-order chi connectivity index (χ0) is 19.1. The van der Waals surface area contributed by atoms with E-state index in [0.717, 1.165) is 18.5 Å². The van der Waals surface area contributed by atoms with Crippen molar-refractivity contribution in [1.82, 2.24) is 14.9 Å². The summed E-state index contributed by atoms with van der Waals surface area (Å²) in [6, 6.07) is 9.04. The highest BCUT2D eigenvalue weighted by Gasteiger charge is 2.24. The SMILES string of the molecule is CCOC(=O)N1CCC(Nc2cccnc2NC(=O)c2ccccn2)CC1. The summed E-state index contributed by atoms with van der Waals surface area (Å²) in [7, 11) is 0. The van der Waals surface area contributed by atoms with Crippen LogP contribution < -0.4 is 10.6 Å². The van der Waals surface area contributed by atoms with Crippen LogP contribution in [0.25, 0.3) is 0 Å². The standard InChI is InChI=1S/C19H23N5O3/c1-2-27-19(26)24-12-8-14(9-13-24)22-15-7-5-11-21-17(15)23-18(25)16-6-3-4-10-20-16/h3-7,10-11,14,22H,2,8-9,12-13H2,1H3,(H,21,23,25). The minimum absolute atomic E-state index is 0.186. The first-order valence-electron chi connectivity index (χ1n) is 9.03. The number of pyridine rings is 2. The maximum absolute atomic E-state index is 12.3. The molecule has 8 heteroatoms. The molecule has 0 bridgehead atoms. The smallest absolute Gasteiger partial charge is 0.409 e. The quantitative estimate of drug-likeness (QED) is 0.841. The summed E-state index contributed by atoms with van der Waals surface area (Å²) in [6.45, 7) is 3.44. The van der Waals surface area contributed by atoms with Gasteiger partial charge >= 0.3 is 6.09 Å². The minimum atomic E-state index is -0.311. The highest BCUT2D eigenvalue weighted by Crippen LogP contribution is 2.23. The van der Waals surface area contributed by atoms with Gasteiger partial charge in [0.1, 0.15) is 5.69 Å². The number of hydrogen-bond donors (Lipinski definition) is 2. The predicted molar refractivity (Wildman–Crippen MR) is 102 cm³/mol. The van der Waals surface area contributed by atoms with Gasteiger partial charge in [-0.25, -0.2) is 9.78 Å². The van der Waals surface area contributed by atoms with Crippen molar-refractivity contribution < 1.29 is 14.3 Å². The molecule has 142 valence electrons. The number of nitrogens with zero attached hydrogens (tertiary/aromatic N) is 3. The van der Waals surface area contributed by atoms with Gasteiger partial charge < -0.3 is 20.3 Å². The molecule has 2 N–H and O–H groups in total. The van der Waals surface area contributed by atoms with Crippen LogP contribution >= 0.6 is 0 Å². The Kier molecular flexibility index (Phi) is 6.19. The van der Waals surface area contributed by atoms with Crippen LogP contribution in [0.5, 0.6) is 0 Å². The number of aromatic nitrogens is 2. The number of ether oxygens (including phenoxy) is 1. The largest absolute Gasteiger partial charge is 0.450 e. The fraction of sp³-hybridized carbons (Fsp3) is 0.368. The molecule has 0 atom stereocenters. The number of rotatable bonds is 5. The van der Waals surface area contributed by atoms with E-state index in [1.165, 1.54) is 0 Å². The topological polar surface area (TPSA) is 96.5 Å². The zero-order valence-electron chi connectivity index (χ0n) is 15.2. The molecule has 1 fully saturated rings. The Bertz CT molecular complexity index is 776. The third kappa shape index (κ3) is 4.93. The second kappa shape index (κ2) is 8.98. The van der Waals surface area contributed by atoms with E-state index in [2.05, 4.69) is 20.6 Å². The van der Waals surface area contributed by atoms with Gasteiger partial charge in [-0.05, 0) is 44.0 Å². The molecule has 0 aliphatic carbocycles. The fourth-order valence-corrected chi connectivity index (χ4v) is 2.93. The molecule has 2 amide bonds. The van der Waals surface area contributed by atoms with Crippen molar-refractivity contribution in [3.05, 3.63) is 48.4 Å². The van der Waals surface area contributed by atoms with Gasteiger partial charge in [0.15, 0.2) is 5.82 Å². The number of nitrogens with one attached hydrogen (secondary N) is 2. The third-order valence-corrected chi connectivity index (χ3v) is 4.32. The molecule has 27 heavy (non-hydrogen) atoms. The van der Waals surface area contributed by atoms with Gasteiger partial charge in [-0.15, -0.1) is 0 Å². The molecule has 8 nitrogen and oxygen atoms in total. The number of carbonyl (C=O) groups excluding carboxylic acids is 2. The number of piperidine rings is 1. The summed E-state index contributed by atoms with van der Waals surface area (Å²) in [6.07, 6.45) is 4.52. The molecule has 1 aliphatic heterocycles. The van der Waals surface area contributed by atoms with Crippen molar-refractivity contribution in [3.63, 3.8) is 0 Å². The van der Waals surface area contributed by atoms with Gasteiger partial charge in [-0.2, -0.15) is 0 Å². The Balaban J connectivity index is 1.60. The molecule has 2 aromatic heterocycles. The fourth-order valence-electron chi connectivity index (χ4n) is 2.93. The highest BCUT2D eigenvalue weighted by molar-refractivity contribution is 6.03. The number of carbonyl (C=O) groups is 2. The second-order valence-corrected chi connectivity index (χ2v) is 6.17. The molecule has 0 radical (unpaired) electrons. The Morgan fingerprint density at radius 3 is 2.63 bits per heavy atom.